The third-order valence-corrected chi connectivity index (χ3v) is 8.61. The topological polar surface area (TPSA) is 0 Å². The molecule has 0 spiro atoms. The molecular formula is C13H26S. The fraction of sp³-hybridized carbons (Fsp3) is 1.00. The van der Waals surface area contributed by atoms with E-state index in [9.17, 15) is 0 Å². The molecule has 0 N–H and O–H groups in total. The fourth-order valence-electron chi connectivity index (χ4n) is 3.36. The average molecular weight is 214 g/mol. The summed E-state index contributed by atoms with van der Waals surface area (Å²) in [4.78, 5) is 0. The van der Waals surface area contributed by atoms with Crippen molar-refractivity contribution in [3.8, 4) is 0 Å². The molecule has 4 unspecified atom stereocenters. The zero-order valence-corrected chi connectivity index (χ0v) is 10.9. The minimum absolute atomic E-state index is 0.0914. The first-order valence-electron chi connectivity index (χ1n) is 6.38. The fourth-order valence-corrected chi connectivity index (χ4v) is 7.62. The van der Waals surface area contributed by atoms with Crippen LogP contribution in [0, 0.1) is 11.8 Å². The number of fused-ring (bicyclic) bond motifs is 1. The van der Waals surface area contributed by atoms with Crippen molar-refractivity contribution in [2.45, 2.75) is 51.2 Å². The normalized spacial score (nSPS) is 53.2. The van der Waals surface area contributed by atoms with Gasteiger partial charge in [0.05, 0.1) is 0 Å². The predicted octanol–water partition coefficient (Wildman–Crippen LogP) is 4.04. The minimum atomic E-state index is -0.0914. The Morgan fingerprint density at radius 2 is 1.86 bits per heavy atom. The van der Waals surface area contributed by atoms with Gasteiger partial charge in [0.2, 0.25) is 0 Å². The molecule has 0 aliphatic carbocycles. The average Bonchev–Trinajstić information content (AvgIpc) is 2.74. The maximum Gasteiger partial charge on any atom is -0.00374 e. The van der Waals surface area contributed by atoms with Gasteiger partial charge >= 0.3 is 0 Å². The molecule has 0 aromatic carbocycles. The van der Waals surface area contributed by atoms with Gasteiger partial charge in [-0.15, -0.1) is 0 Å². The van der Waals surface area contributed by atoms with Crippen LogP contribution in [0.5, 0.6) is 0 Å². The molecule has 0 amide bonds. The molecular weight excluding hydrogens is 188 g/mol. The van der Waals surface area contributed by atoms with E-state index in [2.05, 4.69) is 20.1 Å². The van der Waals surface area contributed by atoms with E-state index in [-0.39, 0.29) is 10.0 Å². The third-order valence-electron chi connectivity index (χ3n) is 4.58. The highest BCUT2D eigenvalue weighted by Crippen LogP contribution is 2.68. The smallest absolute Gasteiger partial charge is 0.00374 e. The van der Waals surface area contributed by atoms with E-state index in [0.29, 0.717) is 0 Å². The number of rotatable bonds is 1. The lowest BCUT2D eigenvalue weighted by Gasteiger charge is -2.27. The molecule has 0 radical (unpaired) electrons. The molecule has 4 atom stereocenters. The first kappa shape index (κ1) is 10.9. The van der Waals surface area contributed by atoms with E-state index < -0.39 is 0 Å². The van der Waals surface area contributed by atoms with Crippen LogP contribution in [0.2, 0.25) is 0 Å². The second-order valence-electron chi connectivity index (χ2n) is 5.74. The van der Waals surface area contributed by atoms with Crippen molar-refractivity contribution in [2.24, 2.45) is 11.8 Å². The molecule has 0 aromatic heterocycles. The van der Waals surface area contributed by atoms with E-state index in [4.69, 9.17) is 0 Å². The van der Waals surface area contributed by atoms with Crippen LogP contribution < -0.4 is 0 Å². The number of hydrogen-bond donors (Lipinski definition) is 0. The van der Waals surface area contributed by atoms with E-state index in [1.807, 2.05) is 0 Å². The van der Waals surface area contributed by atoms with Crippen molar-refractivity contribution in [1.82, 2.24) is 0 Å². The van der Waals surface area contributed by atoms with Crippen LogP contribution in [0.15, 0.2) is 0 Å². The number of hydrogen-bond acceptors (Lipinski definition) is 0. The molecule has 0 nitrogen and oxygen atoms in total. The zero-order chi connectivity index (χ0) is 10.2. The summed E-state index contributed by atoms with van der Waals surface area (Å²) in [6, 6.07) is 0. The Bertz CT molecular complexity index is 201. The van der Waals surface area contributed by atoms with E-state index in [1.54, 1.807) is 17.9 Å². The molecule has 2 fully saturated rings. The minimum Gasteiger partial charge on any atom is -0.239 e. The van der Waals surface area contributed by atoms with E-state index >= 15 is 0 Å². The molecule has 2 aliphatic heterocycles. The van der Waals surface area contributed by atoms with Gasteiger partial charge in [-0.05, 0) is 41.3 Å². The Morgan fingerprint density at radius 3 is 2.57 bits per heavy atom. The summed E-state index contributed by atoms with van der Waals surface area (Å²) in [6.07, 6.45) is 10.1. The van der Waals surface area contributed by atoms with Gasteiger partial charge in [0.25, 0.3) is 0 Å². The first-order chi connectivity index (χ1) is 6.65. The summed E-state index contributed by atoms with van der Waals surface area (Å²) in [5, 5.41) is 1.18. The maximum atomic E-state index is 2.62. The Hall–Kier alpha value is 0.350. The molecule has 2 rings (SSSR count). The van der Waals surface area contributed by atoms with Gasteiger partial charge in [-0.3, -0.25) is 0 Å². The monoisotopic (exact) mass is 214 g/mol. The summed E-state index contributed by atoms with van der Waals surface area (Å²) in [5.74, 6) is 5.27. The molecule has 84 valence electrons. The van der Waals surface area contributed by atoms with Crippen molar-refractivity contribution in [2.75, 3.05) is 17.8 Å². The third kappa shape index (κ3) is 2.13. The summed E-state index contributed by atoms with van der Waals surface area (Å²) in [7, 11) is -0.0914. The molecule has 2 heterocycles. The lowest BCUT2D eigenvalue weighted by Crippen LogP contribution is -2.15. The first-order valence-corrected chi connectivity index (χ1v) is 8.82. The van der Waals surface area contributed by atoms with Crippen LogP contribution in [0.4, 0.5) is 0 Å². The van der Waals surface area contributed by atoms with Crippen LogP contribution in [0.1, 0.15) is 46.0 Å². The Kier molecular flexibility index (Phi) is 3.16. The van der Waals surface area contributed by atoms with Crippen molar-refractivity contribution in [3.63, 3.8) is 0 Å². The second kappa shape index (κ2) is 4.08. The van der Waals surface area contributed by atoms with Crippen molar-refractivity contribution >= 4 is 10.0 Å². The van der Waals surface area contributed by atoms with Gasteiger partial charge < -0.3 is 0 Å². The van der Waals surface area contributed by atoms with Gasteiger partial charge in [-0.2, -0.15) is 0 Å². The maximum absolute atomic E-state index is 2.62. The summed E-state index contributed by atoms with van der Waals surface area (Å²) >= 11 is 0. The van der Waals surface area contributed by atoms with Crippen LogP contribution in [0.25, 0.3) is 0 Å². The Morgan fingerprint density at radius 1 is 1.14 bits per heavy atom. The summed E-state index contributed by atoms with van der Waals surface area (Å²) < 4.78 is 0. The standard InChI is InChI=1S/C13H26S/c1-4-12-7-5-6-8-13-10-14(13,3)9-11(12)2/h11-13H,4-10H2,1-3H3. The van der Waals surface area contributed by atoms with Crippen molar-refractivity contribution in [3.05, 3.63) is 0 Å². The summed E-state index contributed by atoms with van der Waals surface area (Å²) in [6.45, 7) is 4.91. The van der Waals surface area contributed by atoms with Crippen molar-refractivity contribution < 1.29 is 0 Å². The van der Waals surface area contributed by atoms with Gasteiger partial charge in [-0.25, -0.2) is 10.0 Å². The Labute approximate surface area is 91.2 Å². The zero-order valence-electron chi connectivity index (χ0n) is 10.1. The summed E-state index contributed by atoms with van der Waals surface area (Å²) in [5.41, 5.74) is 0. The highest BCUT2D eigenvalue weighted by Gasteiger charge is 2.45. The molecule has 1 heteroatoms. The van der Waals surface area contributed by atoms with E-state index in [1.165, 1.54) is 30.9 Å². The quantitative estimate of drug-likeness (QED) is 0.578. The van der Waals surface area contributed by atoms with Crippen molar-refractivity contribution in [1.29, 1.82) is 0 Å². The molecule has 2 saturated heterocycles. The molecule has 0 saturated carbocycles. The van der Waals surface area contributed by atoms with E-state index in [0.717, 1.165) is 11.8 Å². The van der Waals surface area contributed by atoms with Crippen LogP contribution in [-0.4, -0.2) is 23.0 Å². The van der Waals surface area contributed by atoms with Crippen LogP contribution >= 0.6 is 10.0 Å². The highest BCUT2D eigenvalue weighted by atomic mass is 32.3. The molecule has 2 aliphatic rings. The lowest BCUT2D eigenvalue weighted by atomic mass is 9.88. The highest BCUT2D eigenvalue weighted by molar-refractivity contribution is 8.39. The van der Waals surface area contributed by atoms with Gasteiger partial charge in [0.1, 0.15) is 0 Å². The largest absolute Gasteiger partial charge is 0.239 e. The Balaban J connectivity index is 1.99. The SMILES string of the molecule is CCC1CCCCC2CS2(C)CC1C. The lowest BCUT2D eigenvalue weighted by molar-refractivity contribution is 0.342. The predicted molar refractivity (Wildman–Crippen MR) is 68.5 cm³/mol. The molecule has 0 aromatic rings. The van der Waals surface area contributed by atoms with Crippen LogP contribution in [-0.2, 0) is 0 Å². The molecule has 0 bridgehead atoms. The van der Waals surface area contributed by atoms with Gasteiger partial charge in [0.15, 0.2) is 0 Å². The van der Waals surface area contributed by atoms with Gasteiger partial charge in [-0.1, -0.05) is 39.5 Å². The van der Waals surface area contributed by atoms with Crippen LogP contribution in [0.3, 0.4) is 0 Å². The van der Waals surface area contributed by atoms with Gasteiger partial charge in [0, 0.05) is 0 Å². The molecule has 14 heavy (non-hydrogen) atoms. The second-order valence-corrected chi connectivity index (χ2v) is 9.77.